The number of hydrogen-bond acceptors (Lipinski definition) is 3. The zero-order valence-corrected chi connectivity index (χ0v) is 15.0. The third-order valence-corrected chi connectivity index (χ3v) is 6.02. The number of carbonyl (C=O) groups is 1. The van der Waals surface area contributed by atoms with Crippen molar-refractivity contribution in [3.8, 4) is 0 Å². The molecule has 1 aromatic carbocycles. The maximum absolute atomic E-state index is 12.2. The van der Waals surface area contributed by atoms with E-state index >= 15 is 0 Å². The van der Waals surface area contributed by atoms with E-state index in [4.69, 9.17) is 0 Å². The normalized spacial score (nSPS) is 17.0. The summed E-state index contributed by atoms with van der Waals surface area (Å²) in [6.07, 6.45) is 8.27. The molecule has 0 heterocycles. The van der Waals surface area contributed by atoms with Gasteiger partial charge in [0.05, 0.1) is 4.90 Å². The molecule has 1 aromatic rings. The number of urea groups is 1. The SMILES string of the molecule is C=CCC1(CNC(=O)NS(=O)(=O)c2ccc(C)cc2)CCCCC1. The number of benzene rings is 1. The first-order valence-electron chi connectivity index (χ1n) is 8.35. The van der Waals surface area contributed by atoms with Gasteiger partial charge in [0, 0.05) is 6.54 Å². The third-order valence-electron chi connectivity index (χ3n) is 4.67. The van der Waals surface area contributed by atoms with Crippen LogP contribution in [-0.2, 0) is 10.0 Å². The Morgan fingerprint density at radius 1 is 1.21 bits per heavy atom. The molecule has 0 aromatic heterocycles. The Balaban J connectivity index is 1.96. The first-order valence-corrected chi connectivity index (χ1v) is 9.83. The Morgan fingerprint density at radius 2 is 1.83 bits per heavy atom. The average Bonchev–Trinajstić information content (AvgIpc) is 2.54. The molecule has 0 atom stereocenters. The molecule has 132 valence electrons. The van der Waals surface area contributed by atoms with Crippen LogP contribution in [0.15, 0.2) is 41.8 Å². The molecule has 2 N–H and O–H groups in total. The fourth-order valence-electron chi connectivity index (χ4n) is 3.26. The maximum atomic E-state index is 12.2. The van der Waals surface area contributed by atoms with Crippen LogP contribution >= 0.6 is 0 Å². The van der Waals surface area contributed by atoms with Crippen molar-refractivity contribution >= 4 is 16.1 Å². The summed E-state index contributed by atoms with van der Waals surface area (Å²) < 4.78 is 26.5. The number of allylic oxidation sites excluding steroid dienone is 1. The number of rotatable bonds is 6. The molecule has 6 heteroatoms. The van der Waals surface area contributed by atoms with Gasteiger partial charge in [-0.1, -0.05) is 43.0 Å². The van der Waals surface area contributed by atoms with Gasteiger partial charge in [-0.15, -0.1) is 6.58 Å². The zero-order valence-electron chi connectivity index (χ0n) is 14.2. The molecule has 0 aliphatic heterocycles. The van der Waals surface area contributed by atoms with Crippen molar-refractivity contribution in [1.29, 1.82) is 0 Å². The van der Waals surface area contributed by atoms with Crippen molar-refractivity contribution < 1.29 is 13.2 Å². The van der Waals surface area contributed by atoms with Crippen molar-refractivity contribution in [2.45, 2.75) is 50.3 Å². The van der Waals surface area contributed by atoms with Gasteiger partial charge in [0.25, 0.3) is 10.0 Å². The third kappa shape index (κ3) is 4.84. The summed E-state index contributed by atoms with van der Waals surface area (Å²) in [4.78, 5) is 12.1. The number of carbonyl (C=O) groups excluding carboxylic acids is 1. The lowest BCUT2D eigenvalue weighted by Gasteiger charge is -2.36. The Labute approximate surface area is 144 Å². The largest absolute Gasteiger partial charge is 0.337 e. The second-order valence-electron chi connectivity index (χ2n) is 6.65. The predicted molar refractivity (Wildman–Crippen MR) is 95.2 cm³/mol. The number of nitrogens with one attached hydrogen (secondary N) is 2. The van der Waals surface area contributed by atoms with Crippen molar-refractivity contribution in [3.05, 3.63) is 42.5 Å². The van der Waals surface area contributed by atoms with Crippen molar-refractivity contribution in [2.75, 3.05) is 6.54 Å². The highest BCUT2D eigenvalue weighted by Crippen LogP contribution is 2.38. The lowest BCUT2D eigenvalue weighted by molar-refractivity contribution is 0.183. The Hall–Kier alpha value is -1.82. The summed E-state index contributed by atoms with van der Waals surface area (Å²) in [6, 6.07) is 5.71. The van der Waals surface area contributed by atoms with Crippen LogP contribution in [-0.4, -0.2) is 21.0 Å². The molecule has 1 saturated carbocycles. The van der Waals surface area contributed by atoms with Gasteiger partial charge in [0.2, 0.25) is 0 Å². The zero-order chi connectivity index (χ0) is 17.6. The van der Waals surface area contributed by atoms with Gasteiger partial charge >= 0.3 is 6.03 Å². The molecule has 1 aliphatic carbocycles. The predicted octanol–water partition coefficient (Wildman–Crippen LogP) is 3.51. The standard InChI is InChI=1S/C18H26N2O3S/c1-3-11-18(12-5-4-6-13-18)14-19-17(21)20-24(22,23)16-9-7-15(2)8-10-16/h3,7-10H,1,4-6,11-14H2,2H3,(H2,19,20,21). The lowest BCUT2D eigenvalue weighted by Crippen LogP contribution is -2.45. The van der Waals surface area contributed by atoms with E-state index in [1.54, 1.807) is 12.1 Å². The highest BCUT2D eigenvalue weighted by atomic mass is 32.2. The van der Waals surface area contributed by atoms with Crippen LogP contribution in [0.3, 0.4) is 0 Å². The number of hydrogen-bond donors (Lipinski definition) is 2. The topological polar surface area (TPSA) is 75.3 Å². The molecule has 0 spiro atoms. The summed E-state index contributed by atoms with van der Waals surface area (Å²) in [7, 11) is -3.84. The van der Waals surface area contributed by atoms with Gasteiger partial charge < -0.3 is 5.32 Å². The quantitative estimate of drug-likeness (QED) is 0.771. The molecule has 0 saturated heterocycles. The van der Waals surface area contributed by atoms with E-state index in [9.17, 15) is 13.2 Å². The average molecular weight is 350 g/mol. The molecule has 5 nitrogen and oxygen atoms in total. The molecule has 2 rings (SSSR count). The van der Waals surface area contributed by atoms with Gasteiger partial charge in [0.15, 0.2) is 0 Å². The van der Waals surface area contributed by atoms with Crippen molar-refractivity contribution in [1.82, 2.24) is 10.0 Å². The summed E-state index contributed by atoms with van der Waals surface area (Å²) >= 11 is 0. The fourth-order valence-corrected chi connectivity index (χ4v) is 4.19. The van der Waals surface area contributed by atoms with Crippen LogP contribution in [0, 0.1) is 12.3 Å². The molecule has 0 unspecified atom stereocenters. The minimum absolute atomic E-state index is 0.00492. The number of aryl methyl sites for hydroxylation is 1. The Kier molecular flexibility index (Phi) is 6.04. The van der Waals surface area contributed by atoms with E-state index in [0.29, 0.717) is 6.54 Å². The van der Waals surface area contributed by atoms with Gasteiger partial charge in [-0.05, 0) is 43.7 Å². The second-order valence-corrected chi connectivity index (χ2v) is 8.34. The number of sulfonamides is 1. The summed E-state index contributed by atoms with van der Waals surface area (Å²) in [5.74, 6) is 0. The minimum Gasteiger partial charge on any atom is -0.337 e. The first kappa shape index (κ1) is 18.5. The highest BCUT2D eigenvalue weighted by Gasteiger charge is 2.31. The molecular weight excluding hydrogens is 324 g/mol. The van der Waals surface area contributed by atoms with Gasteiger partial charge in [-0.3, -0.25) is 0 Å². The van der Waals surface area contributed by atoms with Crippen LogP contribution in [0.1, 0.15) is 44.1 Å². The second kappa shape index (κ2) is 7.83. The minimum atomic E-state index is -3.84. The Morgan fingerprint density at radius 3 is 2.42 bits per heavy atom. The van der Waals surface area contributed by atoms with Crippen molar-refractivity contribution in [3.63, 3.8) is 0 Å². The van der Waals surface area contributed by atoms with Crippen LogP contribution in [0.2, 0.25) is 0 Å². The molecular formula is C18H26N2O3S. The van der Waals surface area contributed by atoms with E-state index < -0.39 is 16.1 Å². The van der Waals surface area contributed by atoms with Crippen LogP contribution in [0.5, 0.6) is 0 Å². The van der Waals surface area contributed by atoms with Crippen LogP contribution in [0.4, 0.5) is 4.79 Å². The smallest absolute Gasteiger partial charge is 0.328 e. The summed E-state index contributed by atoms with van der Waals surface area (Å²) in [5, 5.41) is 2.74. The monoisotopic (exact) mass is 350 g/mol. The maximum Gasteiger partial charge on any atom is 0.328 e. The summed E-state index contributed by atoms with van der Waals surface area (Å²) in [6.45, 7) is 6.15. The molecule has 0 radical (unpaired) electrons. The fraction of sp³-hybridized carbons (Fsp3) is 0.500. The molecule has 1 aliphatic rings. The van der Waals surface area contributed by atoms with Gasteiger partial charge in [0.1, 0.15) is 0 Å². The highest BCUT2D eigenvalue weighted by molar-refractivity contribution is 7.90. The Bertz CT molecular complexity index is 675. The van der Waals surface area contributed by atoms with E-state index in [2.05, 4.69) is 16.6 Å². The first-order chi connectivity index (χ1) is 11.4. The van der Waals surface area contributed by atoms with E-state index in [1.807, 2.05) is 13.0 Å². The number of amides is 2. The molecule has 1 fully saturated rings. The lowest BCUT2D eigenvalue weighted by atomic mass is 9.72. The molecule has 24 heavy (non-hydrogen) atoms. The summed E-state index contributed by atoms with van der Waals surface area (Å²) in [5.41, 5.74) is 0.965. The van der Waals surface area contributed by atoms with Crippen LogP contribution < -0.4 is 10.0 Å². The van der Waals surface area contributed by atoms with Crippen LogP contribution in [0.25, 0.3) is 0 Å². The van der Waals surface area contributed by atoms with E-state index in [1.165, 1.54) is 18.6 Å². The molecule has 0 bridgehead atoms. The van der Waals surface area contributed by atoms with Crippen molar-refractivity contribution in [2.24, 2.45) is 5.41 Å². The van der Waals surface area contributed by atoms with E-state index in [-0.39, 0.29) is 10.3 Å². The van der Waals surface area contributed by atoms with Gasteiger partial charge in [-0.2, -0.15) is 0 Å². The van der Waals surface area contributed by atoms with Gasteiger partial charge in [-0.25, -0.2) is 17.9 Å². The van der Waals surface area contributed by atoms with E-state index in [0.717, 1.165) is 37.7 Å². The molecule has 2 amide bonds.